The zero-order valence-electron chi connectivity index (χ0n) is 17.1. The van der Waals surface area contributed by atoms with Gasteiger partial charge in [0.2, 0.25) is 10.0 Å². The molecule has 0 aliphatic rings. The average molecular weight is 459 g/mol. The summed E-state index contributed by atoms with van der Waals surface area (Å²) in [4.78, 5) is 15.2. The monoisotopic (exact) mass is 458 g/mol. The van der Waals surface area contributed by atoms with E-state index in [0.717, 1.165) is 16.3 Å². The highest BCUT2D eigenvalue weighted by molar-refractivity contribution is 7.88. The number of benzene rings is 2. The first-order chi connectivity index (χ1) is 14.8. The third kappa shape index (κ3) is 4.16. The molecule has 2 aromatic heterocycles. The maximum atomic E-state index is 12.3. The predicted molar refractivity (Wildman–Crippen MR) is 125 cm³/mol. The molecule has 0 amide bonds. The number of phenols is 1. The van der Waals surface area contributed by atoms with Crippen molar-refractivity contribution in [3.63, 3.8) is 0 Å². The van der Waals surface area contributed by atoms with E-state index in [1.165, 1.54) is 21.9 Å². The third-order valence-corrected chi connectivity index (χ3v) is 7.44. The van der Waals surface area contributed by atoms with Gasteiger partial charge in [-0.3, -0.25) is 4.79 Å². The van der Waals surface area contributed by atoms with Gasteiger partial charge in [0.25, 0.3) is 5.56 Å². The fourth-order valence-corrected chi connectivity index (χ4v) is 5.34. The van der Waals surface area contributed by atoms with Gasteiger partial charge in [-0.05, 0) is 41.3 Å². The first-order valence-electron chi connectivity index (χ1n) is 9.73. The number of hydrogen-bond donors (Lipinski definition) is 2. The molecule has 4 rings (SSSR count). The van der Waals surface area contributed by atoms with Crippen molar-refractivity contribution in [1.29, 1.82) is 0 Å². The minimum absolute atomic E-state index is 0.118. The van der Waals surface area contributed by atoms with E-state index in [1.54, 1.807) is 31.2 Å². The molecule has 0 atom stereocenters. The van der Waals surface area contributed by atoms with Gasteiger partial charge in [-0.25, -0.2) is 8.42 Å². The Labute approximate surface area is 183 Å². The molecule has 0 bridgehead atoms. The number of rotatable bonds is 7. The predicted octanol–water partition coefficient (Wildman–Crippen LogP) is 3.78. The molecule has 0 aliphatic carbocycles. The SMILES string of the molecule is CCN(CCOc1ccc(-c2c(O)ccc3[nH]c(=O)c4sccc4c23)cc1)S(C)(=O)=O. The molecular formula is C22H22N2O5S2. The van der Waals surface area contributed by atoms with Crippen molar-refractivity contribution in [3.8, 4) is 22.6 Å². The minimum atomic E-state index is -3.25. The van der Waals surface area contributed by atoms with Crippen LogP contribution in [0.5, 0.6) is 11.5 Å². The second kappa shape index (κ2) is 8.33. The number of ether oxygens (including phenoxy) is 1. The van der Waals surface area contributed by atoms with Crippen LogP contribution in [-0.4, -0.2) is 48.8 Å². The number of likely N-dealkylation sites (N-methyl/N-ethyl adjacent to an activating group) is 1. The number of aromatic hydroxyl groups is 1. The van der Waals surface area contributed by atoms with Crippen molar-refractivity contribution in [2.24, 2.45) is 0 Å². The number of phenolic OH excluding ortho intramolecular Hbond substituents is 1. The second-order valence-electron chi connectivity index (χ2n) is 7.13. The lowest BCUT2D eigenvalue weighted by molar-refractivity contribution is 0.277. The number of hydrogen-bond acceptors (Lipinski definition) is 6. The molecule has 0 unspecified atom stereocenters. The zero-order valence-corrected chi connectivity index (χ0v) is 18.7. The van der Waals surface area contributed by atoms with Crippen molar-refractivity contribution in [1.82, 2.24) is 9.29 Å². The van der Waals surface area contributed by atoms with Crippen LogP contribution in [-0.2, 0) is 10.0 Å². The Balaban J connectivity index is 1.65. The van der Waals surface area contributed by atoms with E-state index < -0.39 is 10.0 Å². The van der Waals surface area contributed by atoms with Gasteiger partial charge in [-0.15, -0.1) is 11.3 Å². The molecule has 0 radical (unpaired) electrons. The number of fused-ring (bicyclic) bond motifs is 3. The summed E-state index contributed by atoms with van der Waals surface area (Å²) in [5.41, 5.74) is 1.93. The van der Waals surface area contributed by atoms with Gasteiger partial charge in [0.05, 0.1) is 6.26 Å². The molecule has 2 aromatic carbocycles. The summed E-state index contributed by atoms with van der Waals surface area (Å²) in [5.74, 6) is 0.717. The van der Waals surface area contributed by atoms with E-state index in [1.807, 2.05) is 23.6 Å². The number of thiophene rings is 1. The van der Waals surface area contributed by atoms with Crippen LogP contribution < -0.4 is 10.3 Å². The zero-order chi connectivity index (χ0) is 22.2. The quantitative estimate of drug-likeness (QED) is 0.439. The van der Waals surface area contributed by atoms with Crippen LogP contribution in [0.4, 0.5) is 0 Å². The van der Waals surface area contributed by atoms with E-state index in [4.69, 9.17) is 4.74 Å². The van der Waals surface area contributed by atoms with Gasteiger partial charge in [-0.2, -0.15) is 4.31 Å². The number of pyridine rings is 1. The normalized spacial score (nSPS) is 12.1. The molecule has 2 N–H and O–H groups in total. The lowest BCUT2D eigenvalue weighted by Gasteiger charge is -2.18. The summed E-state index contributed by atoms with van der Waals surface area (Å²) in [6.45, 7) is 2.67. The topological polar surface area (TPSA) is 99.7 Å². The number of nitrogens with zero attached hydrogens (tertiary/aromatic N) is 1. The summed E-state index contributed by atoms with van der Waals surface area (Å²) in [7, 11) is -3.25. The van der Waals surface area contributed by atoms with Crippen LogP contribution >= 0.6 is 11.3 Å². The van der Waals surface area contributed by atoms with Crippen LogP contribution in [0.25, 0.3) is 32.1 Å². The maximum Gasteiger partial charge on any atom is 0.266 e. The fraction of sp³-hybridized carbons (Fsp3) is 0.227. The number of H-pyrrole nitrogens is 1. The summed E-state index contributed by atoms with van der Waals surface area (Å²) < 4.78 is 31.0. The van der Waals surface area contributed by atoms with Gasteiger partial charge in [0, 0.05) is 34.9 Å². The molecular weight excluding hydrogens is 436 g/mol. The van der Waals surface area contributed by atoms with E-state index in [-0.39, 0.29) is 24.5 Å². The number of aromatic amines is 1. The van der Waals surface area contributed by atoms with Crippen molar-refractivity contribution >= 4 is 42.3 Å². The van der Waals surface area contributed by atoms with Gasteiger partial charge in [0.15, 0.2) is 0 Å². The molecule has 2 heterocycles. The highest BCUT2D eigenvalue weighted by atomic mass is 32.2. The molecule has 0 aliphatic heterocycles. The minimum Gasteiger partial charge on any atom is -0.507 e. The molecule has 7 nitrogen and oxygen atoms in total. The Hall–Kier alpha value is -2.88. The third-order valence-electron chi connectivity index (χ3n) is 5.15. The fourth-order valence-electron chi connectivity index (χ4n) is 3.67. The van der Waals surface area contributed by atoms with Gasteiger partial charge in [0.1, 0.15) is 22.8 Å². The van der Waals surface area contributed by atoms with Crippen molar-refractivity contribution in [3.05, 3.63) is 58.2 Å². The summed E-state index contributed by atoms with van der Waals surface area (Å²) in [5, 5.41) is 14.1. The van der Waals surface area contributed by atoms with Crippen LogP contribution in [0.3, 0.4) is 0 Å². The molecule has 9 heteroatoms. The Kier molecular flexibility index (Phi) is 5.74. The van der Waals surface area contributed by atoms with Crippen molar-refractivity contribution < 1.29 is 18.3 Å². The van der Waals surface area contributed by atoms with Crippen molar-refractivity contribution in [2.75, 3.05) is 26.0 Å². The van der Waals surface area contributed by atoms with Crippen LogP contribution in [0.2, 0.25) is 0 Å². The van der Waals surface area contributed by atoms with Gasteiger partial charge >= 0.3 is 0 Å². The van der Waals surface area contributed by atoms with Crippen molar-refractivity contribution in [2.45, 2.75) is 6.92 Å². The van der Waals surface area contributed by atoms with Crippen LogP contribution in [0.15, 0.2) is 52.6 Å². The van der Waals surface area contributed by atoms with Crippen LogP contribution in [0.1, 0.15) is 6.92 Å². The van der Waals surface area contributed by atoms with E-state index in [9.17, 15) is 18.3 Å². The summed E-state index contributed by atoms with van der Waals surface area (Å²) in [6.07, 6.45) is 1.18. The van der Waals surface area contributed by atoms with Crippen LogP contribution in [0, 0.1) is 0 Å². The van der Waals surface area contributed by atoms with Gasteiger partial charge in [-0.1, -0.05) is 19.1 Å². The highest BCUT2D eigenvalue weighted by Crippen LogP contribution is 2.40. The Morgan fingerprint density at radius 1 is 1.13 bits per heavy atom. The second-order valence-corrected chi connectivity index (χ2v) is 10.0. The Bertz CT molecular complexity index is 1410. The standard InChI is InChI=1S/C22H22N2O5S2/c1-3-24(31(2,27)28)11-12-29-15-6-4-14(5-7-15)19-18(25)9-8-17-20(19)16-10-13-30-21(16)22(26)23-17/h4-10,13,25H,3,11-12H2,1-2H3,(H,23,26). The number of aromatic nitrogens is 1. The first-order valence-corrected chi connectivity index (χ1v) is 12.5. The van der Waals surface area contributed by atoms with E-state index >= 15 is 0 Å². The number of nitrogens with one attached hydrogen (secondary N) is 1. The number of sulfonamides is 1. The largest absolute Gasteiger partial charge is 0.507 e. The lowest BCUT2D eigenvalue weighted by Crippen LogP contribution is -2.33. The smallest absolute Gasteiger partial charge is 0.266 e. The molecule has 0 spiro atoms. The Morgan fingerprint density at radius 3 is 2.55 bits per heavy atom. The van der Waals surface area contributed by atoms with E-state index in [2.05, 4.69) is 4.98 Å². The van der Waals surface area contributed by atoms with Gasteiger partial charge < -0.3 is 14.8 Å². The highest BCUT2D eigenvalue weighted by Gasteiger charge is 2.16. The molecule has 31 heavy (non-hydrogen) atoms. The summed E-state index contributed by atoms with van der Waals surface area (Å²) >= 11 is 1.36. The average Bonchev–Trinajstić information content (AvgIpc) is 3.22. The molecule has 0 fully saturated rings. The lowest BCUT2D eigenvalue weighted by atomic mass is 9.97. The Morgan fingerprint density at radius 2 is 1.87 bits per heavy atom. The first kappa shape index (κ1) is 21.4. The van der Waals surface area contributed by atoms with E-state index in [0.29, 0.717) is 28.1 Å². The summed E-state index contributed by atoms with van der Waals surface area (Å²) in [6, 6.07) is 12.4. The molecule has 162 valence electrons. The maximum absolute atomic E-state index is 12.3. The molecule has 0 saturated heterocycles. The molecule has 4 aromatic rings. The molecule has 0 saturated carbocycles.